The Balaban J connectivity index is 2.59. The Kier molecular flexibility index (Phi) is 4.34. The lowest BCUT2D eigenvalue weighted by Gasteiger charge is -2.06. The van der Waals surface area contributed by atoms with E-state index in [2.05, 4.69) is 33.6 Å². The number of rotatable bonds is 2. The fourth-order valence-electron chi connectivity index (χ4n) is 1.53. The van der Waals surface area contributed by atoms with Crippen LogP contribution in [0.5, 0.6) is 0 Å². The summed E-state index contributed by atoms with van der Waals surface area (Å²) in [6.07, 6.45) is 3.29. The molecule has 0 N–H and O–H groups in total. The third-order valence-corrected chi connectivity index (χ3v) is 3.74. The Labute approximate surface area is 124 Å². The second-order valence-electron chi connectivity index (χ2n) is 3.52. The van der Waals surface area contributed by atoms with Crippen molar-refractivity contribution in [2.45, 2.75) is 0 Å². The fourth-order valence-corrected chi connectivity index (χ4v) is 2.67. The molecule has 88 valence electrons. The number of aromatic nitrogens is 1. The van der Waals surface area contributed by atoms with Crippen LogP contribution in [-0.4, -0.2) is 4.98 Å². The summed E-state index contributed by atoms with van der Waals surface area (Å²) in [6.45, 7) is 0. The summed E-state index contributed by atoms with van der Waals surface area (Å²) in [4.78, 5) is 3.94. The minimum atomic E-state index is 0.461. The molecule has 0 amide bonds. The summed E-state index contributed by atoms with van der Waals surface area (Å²) >= 11 is 8.55. The smallest absolute Gasteiger partial charge is 0.101 e. The molecule has 0 spiro atoms. The van der Waals surface area contributed by atoms with Gasteiger partial charge in [0.1, 0.15) is 6.07 Å². The first kappa shape index (κ1) is 13.1. The van der Waals surface area contributed by atoms with Gasteiger partial charge in [0.2, 0.25) is 0 Å². The molecule has 2 aromatic rings. The van der Waals surface area contributed by atoms with Crippen molar-refractivity contribution in [3.63, 3.8) is 0 Å². The van der Waals surface area contributed by atoms with Gasteiger partial charge in [-0.1, -0.05) is 29.8 Å². The zero-order chi connectivity index (χ0) is 13.0. The van der Waals surface area contributed by atoms with Gasteiger partial charge in [0.25, 0.3) is 0 Å². The molecule has 0 fully saturated rings. The van der Waals surface area contributed by atoms with Crippen LogP contribution in [0.1, 0.15) is 11.1 Å². The van der Waals surface area contributed by atoms with E-state index in [4.69, 9.17) is 11.6 Å². The van der Waals surface area contributed by atoms with Crippen molar-refractivity contribution in [2.24, 2.45) is 0 Å². The first-order valence-electron chi connectivity index (χ1n) is 5.19. The normalized spacial score (nSPS) is 11.6. The number of nitriles is 1. The topological polar surface area (TPSA) is 36.7 Å². The molecule has 0 aliphatic rings. The Morgan fingerprint density at radius 1 is 1.17 bits per heavy atom. The molecule has 0 bridgehead atoms. The van der Waals surface area contributed by atoms with Gasteiger partial charge in [0, 0.05) is 21.5 Å². The van der Waals surface area contributed by atoms with Gasteiger partial charge in [0.05, 0.1) is 10.6 Å². The molecule has 1 aromatic heterocycles. The molecule has 0 saturated carbocycles. The van der Waals surface area contributed by atoms with Crippen molar-refractivity contribution in [2.75, 3.05) is 0 Å². The largest absolute Gasteiger partial charge is 0.265 e. The number of hydrogen-bond donors (Lipinski definition) is 0. The van der Waals surface area contributed by atoms with Crippen molar-refractivity contribution in [1.29, 1.82) is 5.26 Å². The number of nitrogens with zero attached hydrogens (tertiary/aromatic N) is 2. The molecule has 0 atom stereocenters. The summed E-state index contributed by atoms with van der Waals surface area (Å²) in [5.74, 6) is 0. The molecule has 2 rings (SSSR count). The van der Waals surface area contributed by atoms with Gasteiger partial charge in [-0.15, -0.1) is 0 Å². The molecular formula is C14H8ClIN2. The first-order chi connectivity index (χ1) is 8.74. The molecule has 0 unspecified atom stereocenters. The third-order valence-electron chi connectivity index (χ3n) is 2.41. The molecule has 4 heteroatoms. The predicted molar refractivity (Wildman–Crippen MR) is 81.7 cm³/mol. The van der Waals surface area contributed by atoms with Crippen LogP contribution in [0.25, 0.3) is 10.6 Å². The van der Waals surface area contributed by atoms with Crippen LogP contribution in [0.3, 0.4) is 0 Å². The lowest BCUT2D eigenvalue weighted by molar-refractivity contribution is 1.32. The van der Waals surface area contributed by atoms with E-state index in [1.165, 1.54) is 0 Å². The van der Waals surface area contributed by atoms with E-state index < -0.39 is 0 Å². The predicted octanol–water partition coefficient (Wildman–Crippen LogP) is 4.32. The Morgan fingerprint density at radius 3 is 2.44 bits per heavy atom. The van der Waals surface area contributed by atoms with E-state index in [0.29, 0.717) is 10.6 Å². The standard InChI is InChI=1S/C14H8ClIN2/c15-14(11-3-1-2-4-13(11)16)12(9-17)10-5-7-18-8-6-10/h1-8H/b14-12-. The zero-order valence-corrected chi connectivity index (χ0v) is 12.2. The molecule has 1 aromatic carbocycles. The average Bonchev–Trinajstić information content (AvgIpc) is 2.41. The second-order valence-corrected chi connectivity index (χ2v) is 5.06. The van der Waals surface area contributed by atoms with Crippen molar-refractivity contribution in [3.05, 3.63) is 63.5 Å². The molecule has 1 heterocycles. The quantitative estimate of drug-likeness (QED) is 0.586. The maximum atomic E-state index is 9.29. The van der Waals surface area contributed by atoms with E-state index in [1.807, 2.05) is 24.3 Å². The Bertz CT molecular complexity index is 630. The van der Waals surface area contributed by atoms with E-state index >= 15 is 0 Å². The van der Waals surface area contributed by atoms with Gasteiger partial charge in [-0.2, -0.15) is 5.26 Å². The highest BCUT2D eigenvalue weighted by atomic mass is 127. The number of hydrogen-bond acceptors (Lipinski definition) is 2. The van der Waals surface area contributed by atoms with Crippen LogP contribution in [0.15, 0.2) is 48.8 Å². The van der Waals surface area contributed by atoms with Gasteiger partial charge in [-0.3, -0.25) is 4.98 Å². The lowest BCUT2D eigenvalue weighted by atomic mass is 10.1. The highest BCUT2D eigenvalue weighted by Crippen LogP contribution is 2.31. The number of pyridine rings is 1. The molecule has 0 aliphatic heterocycles. The van der Waals surface area contributed by atoms with Crippen LogP contribution < -0.4 is 0 Å². The van der Waals surface area contributed by atoms with Gasteiger partial charge in [-0.05, 0) is 46.4 Å². The number of benzene rings is 1. The molecule has 18 heavy (non-hydrogen) atoms. The van der Waals surface area contributed by atoms with Crippen LogP contribution in [0, 0.1) is 14.9 Å². The van der Waals surface area contributed by atoms with Crippen LogP contribution >= 0.6 is 34.2 Å². The highest BCUT2D eigenvalue weighted by molar-refractivity contribution is 14.1. The van der Waals surface area contributed by atoms with E-state index in [1.54, 1.807) is 24.5 Å². The van der Waals surface area contributed by atoms with Gasteiger partial charge < -0.3 is 0 Å². The van der Waals surface area contributed by atoms with Gasteiger partial charge >= 0.3 is 0 Å². The summed E-state index contributed by atoms with van der Waals surface area (Å²) in [6, 6.07) is 13.4. The Morgan fingerprint density at radius 2 is 1.83 bits per heavy atom. The van der Waals surface area contributed by atoms with E-state index in [0.717, 1.165) is 14.7 Å². The van der Waals surface area contributed by atoms with Crippen molar-refractivity contribution >= 4 is 44.8 Å². The Hall–Kier alpha value is -1.38. The maximum Gasteiger partial charge on any atom is 0.101 e. The average molecular weight is 367 g/mol. The summed E-state index contributed by atoms with van der Waals surface area (Å²) in [5, 5.41) is 9.75. The van der Waals surface area contributed by atoms with E-state index in [9.17, 15) is 5.26 Å². The van der Waals surface area contributed by atoms with Crippen molar-refractivity contribution in [1.82, 2.24) is 4.98 Å². The third kappa shape index (κ3) is 2.71. The minimum absolute atomic E-state index is 0.461. The van der Waals surface area contributed by atoms with Gasteiger partial charge in [-0.25, -0.2) is 0 Å². The van der Waals surface area contributed by atoms with Crippen molar-refractivity contribution in [3.8, 4) is 6.07 Å². The monoisotopic (exact) mass is 366 g/mol. The summed E-state index contributed by atoms with van der Waals surface area (Å²) < 4.78 is 1.02. The number of allylic oxidation sites excluding steroid dienone is 1. The first-order valence-corrected chi connectivity index (χ1v) is 6.65. The molecule has 0 saturated heterocycles. The SMILES string of the molecule is N#C/C(=C(/Cl)c1ccccc1I)c1ccncc1. The molecule has 0 aliphatic carbocycles. The maximum absolute atomic E-state index is 9.29. The van der Waals surface area contributed by atoms with Crippen molar-refractivity contribution < 1.29 is 0 Å². The fraction of sp³-hybridized carbons (Fsp3) is 0. The van der Waals surface area contributed by atoms with Gasteiger partial charge in [0.15, 0.2) is 0 Å². The lowest BCUT2D eigenvalue weighted by Crippen LogP contribution is -1.89. The second kappa shape index (κ2) is 5.98. The van der Waals surface area contributed by atoms with Crippen LogP contribution in [0.2, 0.25) is 0 Å². The molecular weight excluding hydrogens is 359 g/mol. The summed E-state index contributed by atoms with van der Waals surface area (Å²) in [7, 11) is 0. The molecule has 2 nitrogen and oxygen atoms in total. The minimum Gasteiger partial charge on any atom is -0.265 e. The highest BCUT2D eigenvalue weighted by Gasteiger charge is 2.11. The summed E-state index contributed by atoms with van der Waals surface area (Å²) in [5.41, 5.74) is 2.11. The van der Waals surface area contributed by atoms with Crippen LogP contribution in [0.4, 0.5) is 0 Å². The molecule has 0 radical (unpaired) electrons. The number of halogens is 2. The van der Waals surface area contributed by atoms with E-state index in [-0.39, 0.29) is 0 Å². The van der Waals surface area contributed by atoms with Crippen LogP contribution in [-0.2, 0) is 0 Å². The zero-order valence-electron chi connectivity index (χ0n) is 9.27.